The third kappa shape index (κ3) is 3.48. The number of rotatable bonds is 3. The molecule has 2 atom stereocenters. The van der Waals surface area contributed by atoms with Crippen molar-refractivity contribution in [3.05, 3.63) is 0 Å². The molecule has 4 nitrogen and oxygen atoms in total. The number of ketones is 1. The molecule has 6 heteroatoms. The number of nitrogens with zero attached hydrogens (tertiary/aromatic N) is 1. The van der Waals surface area contributed by atoms with Gasteiger partial charge >= 0.3 is 0 Å². The van der Waals surface area contributed by atoms with Crippen LogP contribution in [0, 0.1) is 5.92 Å². The van der Waals surface area contributed by atoms with Crippen LogP contribution in [0.5, 0.6) is 0 Å². The van der Waals surface area contributed by atoms with Crippen molar-refractivity contribution in [2.75, 3.05) is 30.9 Å². The first-order chi connectivity index (χ1) is 8.48. The van der Waals surface area contributed by atoms with Gasteiger partial charge in [0.15, 0.2) is 9.84 Å². The number of Topliss-reactive ketones (excluding diaryl/α,β-unsaturated/α-hetero) is 1. The zero-order valence-electron chi connectivity index (χ0n) is 10.8. The van der Waals surface area contributed by atoms with Gasteiger partial charge in [-0.3, -0.25) is 9.69 Å². The van der Waals surface area contributed by atoms with Gasteiger partial charge in [0.25, 0.3) is 0 Å². The molecule has 1 saturated carbocycles. The van der Waals surface area contributed by atoms with Gasteiger partial charge in [-0.15, -0.1) is 0 Å². The number of thioether (sulfide) groups is 1. The van der Waals surface area contributed by atoms with Gasteiger partial charge in [-0.05, 0) is 12.8 Å². The molecular formula is C12H21NO3S2. The van der Waals surface area contributed by atoms with Crippen LogP contribution in [0.25, 0.3) is 0 Å². The van der Waals surface area contributed by atoms with E-state index in [1.54, 1.807) is 11.8 Å². The van der Waals surface area contributed by atoms with Gasteiger partial charge in [0.2, 0.25) is 0 Å². The summed E-state index contributed by atoms with van der Waals surface area (Å²) in [6, 6.07) is 0. The van der Waals surface area contributed by atoms with Gasteiger partial charge in [-0.25, -0.2) is 8.42 Å². The van der Waals surface area contributed by atoms with Crippen LogP contribution < -0.4 is 0 Å². The average Bonchev–Trinajstić information content (AvgIpc) is 2.31. The van der Waals surface area contributed by atoms with E-state index in [9.17, 15) is 13.2 Å². The van der Waals surface area contributed by atoms with E-state index in [2.05, 4.69) is 0 Å². The number of hydrogen-bond donors (Lipinski definition) is 0. The SMILES string of the molecule is CS(=O)(=O)C1CSCCN1CC1CCCCC1=O. The van der Waals surface area contributed by atoms with Gasteiger partial charge in [0.1, 0.15) is 11.2 Å². The first-order valence-electron chi connectivity index (χ1n) is 6.52. The first kappa shape index (κ1) is 14.3. The lowest BCUT2D eigenvalue weighted by Gasteiger charge is -2.36. The van der Waals surface area contributed by atoms with Crippen molar-refractivity contribution in [3.63, 3.8) is 0 Å². The van der Waals surface area contributed by atoms with Gasteiger partial charge < -0.3 is 0 Å². The molecule has 0 aromatic rings. The molecule has 0 aromatic carbocycles. The summed E-state index contributed by atoms with van der Waals surface area (Å²) in [6.07, 6.45) is 5.01. The van der Waals surface area contributed by atoms with Crippen LogP contribution in [0.1, 0.15) is 25.7 Å². The minimum atomic E-state index is -3.05. The summed E-state index contributed by atoms with van der Waals surface area (Å²) in [7, 11) is -3.05. The van der Waals surface area contributed by atoms with Crippen LogP contribution in [0.3, 0.4) is 0 Å². The minimum Gasteiger partial charge on any atom is -0.299 e. The van der Waals surface area contributed by atoms with Crippen molar-refractivity contribution in [2.45, 2.75) is 31.1 Å². The summed E-state index contributed by atoms with van der Waals surface area (Å²) in [6.45, 7) is 1.42. The van der Waals surface area contributed by atoms with E-state index < -0.39 is 15.2 Å². The van der Waals surface area contributed by atoms with Gasteiger partial charge in [-0.1, -0.05) is 6.42 Å². The molecule has 1 heterocycles. The Balaban J connectivity index is 2.03. The molecule has 0 amide bonds. The number of carbonyl (C=O) groups is 1. The van der Waals surface area contributed by atoms with E-state index in [4.69, 9.17) is 0 Å². The van der Waals surface area contributed by atoms with Crippen LogP contribution in [0.15, 0.2) is 0 Å². The Morgan fingerprint density at radius 3 is 2.83 bits per heavy atom. The van der Waals surface area contributed by atoms with Crippen molar-refractivity contribution < 1.29 is 13.2 Å². The molecule has 1 saturated heterocycles. The second kappa shape index (κ2) is 5.92. The average molecular weight is 291 g/mol. The van der Waals surface area contributed by atoms with Gasteiger partial charge in [0.05, 0.1) is 0 Å². The molecule has 1 aliphatic carbocycles. The van der Waals surface area contributed by atoms with E-state index in [1.165, 1.54) is 6.26 Å². The monoisotopic (exact) mass is 291 g/mol. The van der Waals surface area contributed by atoms with E-state index in [0.717, 1.165) is 31.6 Å². The summed E-state index contributed by atoms with van der Waals surface area (Å²) in [5.41, 5.74) is 0. The highest BCUT2D eigenvalue weighted by molar-refractivity contribution is 8.00. The van der Waals surface area contributed by atoms with Crippen molar-refractivity contribution in [3.8, 4) is 0 Å². The molecule has 2 aliphatic rings. The fourth-order valence-corrected chi connectivity index (χ4v) is 5.70. The highest BCUT2D eigenvalue weighted by Gasteiger charge is 2.34. The third-order valence-corrected chi connectivity index (χ3v) is 6.51. The smallest absolute Gasteiger partial charge is 0.164 e. The standard InChI is InChI=1S/C12H21NO3S2/c1-18(15,16)12-9-17-7-6-13(12)8-10-4-2-3-5-11(10)14/h10,12H,2-9H2,1H3. The van der Waals surface area contributed by atoms with Crippen molar-refractivity contribution in [1.82, 2.24) is 4.90 Å². The molecule has 1 aliphatic heterocycles. The molecule has 2 rings (SSSR count). The van der Waals surface area contributed by atoms with E-state index in [1.807, 2.05) is 4.90 Å². The lowest BCUT2D eigenvalue weighted by atomic mass is 9.87. The Morgan fingerprint density at radius 2 is 2.17 bits per heavy atom. The van der Waals surface area contributed by atoms with Crippen molar-refractivity contribution in [1.29, 1.82) is 0 Å². The summed E-state index contributed by atoms with van der Waals surface area (Å²) >= 11 is 1.69. The maximum absolute atomic E-state index is 11.8. The van der Waals surface area contributed by atoms with Crippen LogP contribution >= 0.6 is 11.8 Å². The predicted octanol–water partition coefficient (Wildman–Crippen LogP) is 1.17. The highest BCUT2D eigenvalue weighted by atomic mass is 32.2. The largest absolute Gasteiger partial charge is 0.299 e. The molecule has 0 bridgehead atoms. The van der Waals surface area contributed by atoms with Crippen molar-refractivity contribution >= 4 is 27.4 Å². The lowest BCUT2D eigenvalue weighted by Crippen LogP contribution is -2.49. The molecule has 2 unspecified atom stereocenters. The minimum absolute atomic E-state index is 0.0612. The third-order valence-electron chi connectivity index (χ3n) is 3.82. The second-order valence-electron chi connectivity index (χ2n) is 5.26. The van der Waals surface area contributed by atoms with Gasteiger partial charge in [-0.2, -0.15) is 11.8 Å². The zero-order chi connectivity index (χ0) is 13.2. The molecule has 18 heavy (non-hydrogen) atoms. The van der Waals surface area contributed by atoms with E-state index in [-0.39, 0.29) is 5.92 Å². The summed E-state index contributed by atoms with van der Waals surface area (Å²) in [5, 5.41) is -0.397. The highest BCUT2D eigenvalue weighted by Crippen LogP contribution is 2.26. The predicted molar refractivity (Wildman–Crippen MR) is 74.5 cm³/mol. The number of sulfone groups is 1. The van der Waals surface area contributed by atoms with Crippen LogP contribution in [0.4, 0.5) is 0 Å². The normalized spacial score (nSPS) is 31.5. The Labute approximate surface area is 113 Å². The summed E-state index contributed by atoms with van der Waals surface area (Å²) in [5.74, 6) is 1.99. The van der Waals surface area contributed by atoms with Crippen LogP contribution in [0.2, 0.25) is 0 Å². The van der Waals surface area contributed by atoms with Crippen LogP contribution in [-0.4, -0.2) is 55.3 Å². The number of carbonyl (C=O) groups excluding carboxylic acids is 1. The van der Waals surface area contributed by atoms with Gasteiger partial charge in [0, 0.05) is 43.2 Å². The van der Waals surface area contributed by atoms with E-state index >= 15 is 0 Å². The summed E-state index contributed by atoms with van der Waals surface area (Å²) < 4.78 is 23.6. The second-order valence-corrected chi connectivity index (χ2v) is 8.62. The van der Waals surface area contributed by atoms with E-state index in [0.29, 0.717) is 24.5 Å². The lowest BCUT2D eigenvalue weighted by molar-refractivity contribution is -0.125. The maximum Gasteiger partial charge on any atom is 0.164 e. The molecule has 2 fully saturated rings. The fourth-order valence-electron chi connectivity index (χ4n) is 2.75. The quantitative estimate of drug-likeness (QED) is 0.781. The summed E-state index contributed by atoms with van der Waals surface area (Å²) in [4.78, 5) is 13.9. The van der Waals surface area contributed by atoms with Crippen molar-refractivity contribution in [2.24, 2.45) is 5.92 Å². The topological polar surface area (TPSA) is 54.5 Å². The Morgan fingerprint density at radius 1 is 1.39 bits per heavy atom. The molecular weight excluding hydrogens is 270 g/mol. The Hall–Kier alpha value is -0.0700. The number of hydrogen-bond acceptors (Lipinski definition) is 5. The Bertz CT molecular complexity index is 408. The first-order valence-corrected chi connectivity index (χ1v) is 9.63. The molecule has 0 radical (unpaired) electrons. The maximum atomic E-state index is 11.8. The fraction of sp³-hybridized carbons (Fsp3) is 0.917. The zero-order valence-corrected chi connectivity index (χ0v) is 12.4. The molecule has 0 spiro atoms. The molecule has 0 aromatic heterocycles. The van der Waals surface area contributed by atoms with Crippen LogP contribution in [-0.2, 0) is 14.6 Å². The molecule has 104 valence electrons. The Kier molecular flexibility index (Phi) is 4.72. The molecule has 0 N–H and O–H groups in total.